The molecule has 14 N–H and O–H groups in total. The number of halogens is 1. The van der Waals surface area contributed by atoms with Gasteiger partial charge in [-0.15, -0.1) is 0 Å². The normalized spacial score (nSPS) is 18.3. The number of hydrogen-bond acceptors (Lipinski definition) is 15. The zero-order chi connectivity index (χ0) is 92.3. The van der Waals surface area contributed by atoms with Crippen molar-refractivity contribution in [1.82, 2.24) is 5.32 Å². The first-order chi connectivity index (χ1) is 60.8. The van der Waals surface area contributed by atoms with Gasteiger partial charge < -0.3 is 73.6 Å². The van der Waals surface area contributed by atoms with E-state index in [1.165, 1.54) is 188 Å². The Morgan fingerprint density at radius 2 is 0.693 bits per heavy atom. The van der Waals surface area contributed by atoms with Crippen LogP contribution in [0.3, 0.4) is 0 Å². The molecule has 19 nitrogen and oxygen atoms in total. The third kappa shape index (κ3) is 40.3. The topological polar surface area (TPSA) is 310 Å². The molecule has 4 amide bonds. The van der Waals surface area contributed by atoms with Gasteiger partial charge in [0.15, 0.2) is 30.2 Å². The summed E-state index contributed by atoms with van der Waals surface area (Å²) in [6, 6.07) is 44.6. The van der Waals surface area contributed by atoms with Gasteiger partial charge in [-0.2, -0.15) is 0 Å². The van der Waals surface area contributed by atoms with Crippen LogP contribution in [0.5, 0.6) is 0 Å². The van der Waals surface area contributed by atoms with Crippen LogP contribution in [0.1, 0.15) is 309 Å². The number of rotatable bonds is 39. The number of fused-ring (bicyclic) bond motifs is 1. The lowest BCUT2D eigenvalue weighted by atomic mass is 9.82. The number of ketones is 1. The summed E-state index contributed by atoms with van der Waals surface area (Å²) in [4.78, 5) is 64.1. The number of amides is 4. The first-order valence-corrected chi connectivity index (χ1v) is 49.4. The standard InChI is InChI=1S/C26H37NO2.C22H36N2O2.2C20H32N2O2.C19H29ClN2O2/c1-18(2)29-26(24(27)17-20-10-5-4-6-11-20)25(28)16-19(3)22-15-9-13-21-12-7-8-14-23(21)22;1-16(2)26-21(20(23)15-19-7-5-4-6-8-19)22(25)24-14-13-18-11-9-17(3)10-12-18;1-14(2)24-19(18(21)13-16-9-5-4-6-10-16)20(23)22-17-11-7-8-15(3)12-17;1-14(2)24-19(18(21)13-16-7-5-4-6-8-16)20(23)22-17-11-9-15(3)10-12-17;1-13(2)24-18(16(21)12-14-8-4-3-5-9-14)19(23)22-17-11-7-6-10-15(17)20/h7-9,12-15,18-20,24,26H,4-6,10-11,16-17,27H2,1-3H3;9-12,16,19-21H,4-8,13-15,23H2,1-3H3,(H,24,25);7-8,11-12,14,16,18-19H,4-6,9-10,13,21H2,1-3H3,(H,22,23);9-12,14,16,18-19H,4-8,13,21H2,1-3H3,(H,22,23);6-7,10-11,13-14,16,18H,3-5,8-9,12,21H2,1-2H3,(H,22,23)/t19-,24-,26?;20-,21?;2*18-,19?;16-,18?/m11111/s1. The number of carbonyl (C=O) groups is 5. The Kier molecular flexibility index (Phi) is 48.9. The summed E-state index contributed by atoms with van der Waals surface area (Å²) in [5, 5.41) is 14.7. The van der Waals surface area contributed by atoms with Gasteiger partial charge in [-0.3, -0.25) is 24.0 Å². The van der Waals surface area contributed by atoms with E-state index in [0.29, 0.717) is 53.3 Å². The van der Waals surface area contributed by atoms with E-state index < -0.39 is 30.5 Å². The fraction of sp³-hybridized carbons (Fsp3) is 0.636. The van der Waals surface area contributed by atoms with Crippen LogP contribution >= 0.6 is 11.6 Å². The number of aryl methyl sites for hydroxylation is 3. The van der Waals surface area contributed by atoms with Crippen LogP contribution in [0.4, 0.5) is 17.1 Å². The number of benzene rings is 6. The fourth-order valence-electron chi connectivity index (χ4n) is 18.9. The Labute approximate surface area is 770 Å². The molecule has 11 atom stereocenters. The van der Waals surface area contributed by atoms with Crippen LogP contribution in [0.2, 0.25) is 5.02 Å². The lowest BCUT2D eigenvalue weighted by Crippen LogP contribution is -2.50. The summed E-state index contributed by atoms with van der Waals surface area (Å²) >= 11 is 6.13. The molecule has 5 aliphatic carbocycles. The predicted octanol–water partition coefficient (Wildman–Crippen LogP) is 22.2. The second kappa shape index (κ2) is 58.0. The number of Topliss-reactive ketones (excluding diaryl/α,β-unsaturated/α-hetero) is 1. The van der Waals surface area contributed by atoms with Crippen molar-refractivity contribution < 1.29 is 47.7 Å². The van der Waals surface area contributed by atoms with E-state index in [9.17, 15) is 24.0 Å². The summed E-state index contributed by atoms with van der Waals surface area (Å²) in [5.74, 6) is 2.81. The largest absolute Gasteiger partial charge is 0.366 e. The molecule has 5 saturated carbocycles. The van der Waals surface area contributed by atoms with E-state index in [4.69, 9.17) is 64.0 Å². The monoisotopic (exact) mass is 1770 g/mol. The number of ether oxygens (including phenoxy) is 5. The van der Waals surface area contributed by atoms with Gasteiger partial charge in [0.2, 0.25) is 0 Å². The maximum atomic E-state index is 13.3. The van der Waals surface area contributed by atoms with E-state index in [1.807, 2.05) is 144 Å². The first kappa shape index (κ1) is 107. The molecule has 0 aliphatic heterocycles. The Morgan fingerprint density at radius 1 is 0.354 bits per heavy atom. The average molecular weight is 1770 g/mol. The van der Waals surface area contributed by atoms with Gasteiger partial charge in [0.1, 0.15) is 6.10 Å². The van der Waals surface area contributed by atoms with Crippen molar-refractivity contribution in [3.05, 3.63) is 172 Å². The van der Waals surface area contributed by atoms with Crippen LogP contribution in [-0.2, 0) is 54.1 Å². The minimum Gasteiger partial charge on any atom is -0.366 e. The molecule has 127 heavy (non-hydrogen) atoms. The summed E-state index contributed by atoms with van der Waals surface area (Å²) in [7, 11) is 0. The number of carbonyl (C=O) groups excluding carboxylic acids is 5. The van der Waals surface area contributed by atoms with Crippen molar-refractivity contribution in [2.24, 2.45) is 58.3 Å². The molecule has 6 aromatic carbocycles. The highest BCUT2D eigenvalue weighted by molar-refractivity contribution is 6.33. The van der Waals surface area contributed by atoms with Crippen LogP contribution in [-0.4, -0.2) is 127 Å². The molecular weight excluding hydrogens is 1610 g/mol. The summed E-state index contributed by atoms with van der Waals surface area (Å²) in [6.07, 6.45) is 34.2. The Bertz CT molecular complexity index is 4090. The zero-order valence-electron chi connectivity index (χ0n) is 80.1. The molecule has 0 bridgehead atoms. The molecule has 0 heterocycles. The van der Waals surface area contributed by atoms with Crippen LogP contribution in [0, 0.1) is 50.4 Å². The van der Waals surface area contributed by atoms with E-state index in [1.54, 1.807) is 12.1 Å². The lowest BCUT2D eigenvalue weighted by molar-refractivity contribution is -0.137. The van der Waals surface area contributed by atoms with Crippen molar-refractivity contribution >= 4 is 68.8 Å². The molecule has 706 valence electrons. The quantitative estimate of drug-likeness (QED) is 0.0173. The first-order valence-electron chi connectivity index (χ1n) is 49.0. The predicted molar refractivity (Wildman–Crippen MR) is 525 cm³/mol. The molecule has 5 unspecified atom stereocenters. The molecule has 20 heteroatoms. The van der Waals surface area contributed by atoms with Gasteiger partial charge in [0.25, 0.3) is 23.6 Å². The highest BCUT2D eigenvalue weighted by Gasteiger charge is 2.37. The lowest BCUT2D eigenvalue weighted by Gasteiger charge is -2.30. The molecule has 0 aromatic heterocycles. The third-order valence-corrected chi connectivity index (χ3v) is 25.8. The number of anilines is 3. The van der Waals surface area contributed by atoms with Crippen molar-refractivity contribution in [2.75, 3.05) is 22.5 Å². The second-order valence-corrected chi connectivity index (χ2v) is 39.3. The van der Waals surface area contributed by atoms with E-state index in [2.05, 4.69) is 102 Å². The van der Waals surface area contributed by atoms with Crippen molar-refractivity contribution in [3.63, 3.8) is 0 Å². The highest BCUT2D eigenvalue weighted by atomic mass is 35.5. The molecule has 5 fully saturated rings. The minimum absolute atomic E-state index is 0.00535. The van der Waals surface area contributed by atoms with Gasteiger partial charge in [-0.05, 0) is 228 Å². The van der Waals surface area contributed by atoms with E-state index in [0.717, 1.165) is 61.0 Å². The number of hydrogen-bond donors (Lipinski definition) is 9. The van der Waals surface area contributed by atoms with Crippen LogP contribution in [0.25, 0.3) is 10.8 Å². The van der Waals surface area contributed by atoms with Crippen LogP contribution < -0.4 is 49.9 Å². The smallest absolute Gasteiger partial charge is 0.255 e. The summed E-state index contributed by atoms with van der Waals surface area (Å²) in [6.45, 7) is 28.4. The van der Waals surface area contributed by atoms with Crippen molar-refractivity contribution in [1.29, 1.82) is 0 Å². The third-order valence-electron chi connectivity index (χ3n) is 25.5. The molecule has 5 aliphatic rings. The Morgan fingerprint density at radius 3 is 1.09 bits per heavy atom. The van der Waals surface area contributed by atoms with Gasteiger partial charge in [0.05, 0.1) is 41.2 Å². The van der Waals surface area contributed by atoms with Crippen molar-refractivity contribution in [2.45, 2.75) is 400 Å². The van der Waals surface area contributed by atoms with Crippen molar-refractivity contribution in [3.8, 4) is 0 Å². The Balaban J connectivity index is 0.000000218. The van der Waals surface area contributed by atoms with E-state index >= 15 is 0 Å². The van der Waals surface area contributed by atoms with Gasteiger partial charge in [-0.1, -0.05) is 293 Å². The summed E-state index contributed by atoms with van der Waals surface area (Å²) in [5.41, 5.74) is 40.3. The zero-order valence-corrected chi connectivity index (χ0v) is 80.8. The number of nitrogens with two attached hydrogens (primary N) is 5. The second-order valence-electron chi connectivity index (χ2n) is 38.9. The number of nitrogens with one attached hydrogen (secondary N) is 4. The number of para-hydroxylation sites is 1. The molecule has 0 radical (unpaired) electrons. The molecule has 0 saturated heterocycles. The molecule has 0 spiro atoms. The SMILES string of the molecule is CC(C)OC(C(=O)C[C@@H](C)c1cccc2ccccc12)[C@H](N)CC1CCCCC1.CC(C)OC(C(=O)Nc1ccccc1Cl)[C@H](N)CC1CCCCC1.Cc1ccc(CCNC(=O)C(OC(C)C)[C@H](N)CC2CCCCC2)cc1.Cc1ccc(NC(=O)C(OC(C)C)[C@H](N)CC2CCCCC2)cc1.Cc1cccc(NC(=O)C(OC(C)C)[C@H](N)CC2CCCCC2)c1. The minimum atomic E-state index is -0.664. The van der Waals surface area contributed by atoms with E-state index in [-0.39, 0.29) is 96.1 Å². The maximum Gasteiger partial charge on any atom is 0.255 e. The molecular formula is C107H166ClN9O10. The Hall–Kier alpha value is -6.98. The molecule has 6 aromatic rings. The average Bonchev–Trinajstić information content (AvgIpc) is 0.808. The van der Waals surface area contributed by atoms with Gasteiger partial charge in [0, 0.05) is 54.5 Å². The van der Waals surface area contributed by atoms with Gasteiger partial charge in [-0.25, -0.2) is 0 Å². The van der Waals surface area contributed by atoms with Gasteiger partial charge >= 0.3 is 0 Å². The summed E-state index contributed by atoms with van der Waals surface area (Å²) < 4.78 is 29.6. The highest BCUT2D eigenvalue weighted by Crippen LogP contribution is 2.36. The maximum absolute atomic E-state index is 13.3. The van der Waals surface area contributed by atoms with Crippen LogP contribution in [0.15, 0.2) is 140 Å². The molecule has 11 rings (SSSR count). The fourth-order valence-corrected chi connectivity index (χ4v) is 19.1.